The minimum Gasteiger partial charge on any atom is -0.478 e. The lowest BCUT2D eigenvalue weighted by atomic mass is 10.2. The molecule has 0 spiro atoms. The zero-order valence-electron chi connectivity index (χ0n) is 13.4. The number of anilines is 2. The van der Waals surface area contributed by atoms with E-state index in [4.69, 9.17) is 5.11 Å². The van der Waals surface area contributed by atoms with Crippen LogP contribution in [0.1, 0.15) is 15.9 Å². The molecule has 0 radical (unpaired) electrons. The molecule has 0 unspecified atom stereocenters. The van der Waals surface area contributed by atoms with Crippen molar-refractivity contribution in [2.45, 2.75) is 11.6 Å². The van der Waals surface area contributed by atoms with Crippen molar-refractivity contribution in [1.29, 1.82) is 0 Å². The van der Waals surface area contributed by atoms with Gasteiger partial charge in [0.25, 0.3) is 11.1 Å². The predicted molar refractivity (Wildman–Crippen MR) is 92.7 cm³/mol. The number of hydrogen-bond acceptors (Lipinski definition) is 5. The second-order valence-electron chi connectivity index (χ2n) is 5.51. The minimum atomic E-state index is -4.60. The van der Waals surface area contributed by atoms with Crippen molar-refractivity contribution in [2.24, 2.45) is 0 Å². The zero-order chi connectivity index (χ0) is 19.8. The fourth-order valence-electron chi connectivity index (χ4n) is 2.42. The molecule has 1 saturated heterocycles. The van der Waals surface area contributed by atoms with E-state index in [1.165, 1.54) is 30.3 Å². The molecule has 2 aromatic rings. The van der Waals surface area contributed by atoms with Gasteiger partial charge in [0.1, 0.15) is 0 Å². The van der Waals surface area contributed by atoms with Gasteiger partial charge in [-0.25, -0.2) is 9.69 Å². The van der Waals surface area contributed by atoms with Gasteiger partial charge in [-0.05, 0) is 54.2 Å². The smallest absolute Gasteiger partial charge is 0.416 e. The van der Waals surface area contributed by atoms with Gasteiger partial charge >= 0.3 is 12.1 Å². The van der Waals surface area contributed by atoms with E-state index in [1.54, 1.807) is 0 Å². The normalized spacial score (nSPS) is 17.3. The molecule has 3 rings (SSSR count). The van der Waals surface area contributed by atoms with Crippen molar-refractivity contribution in [3.8, 4) is 0 Å². The number of benzene rings is 2. The Balaban J connectivity index is 1.80. The number of hydrogen-bond donors (Lipinski definition) is 2. The standard InChI is InChI=1S/C17H11F3N2O4S/c18-17(19,20)10-2-1-3-12(8-10)22-14(23)13(27-16(22)26)21-11-6-4-9(5-7-11)15(24)25/h1-8,13,21H,(H,24,25)/t13-/m0/s1. The van der Waals surface area contributed by atoms with Gasteiger partial charge in [-0.1, -0.05) is 6.07 Å². The molecule has 10 heteroatoms. The van der Waals surface area contributed by atoms with Crippen LogP contribution in [0.4, 0.5) is 29.3 Å². The fraction of sp³-hybridized carbons (Fsp3) is 0.118. The molecule has 2 aromatic carbocycles. The van der Waals surface area contributed by atoms with Gasteiger partial charge in [-0.2, -0.15) is 13.2 Å². The van der Waals surface area contributed by atoms with Crippen molar-refractivity contribution >= 4 is 40.3 Å². The molecule has 0 aliphatic carbocycles. The Bertz CT molecular complexity index is 915. The van der Waals surface area contributed by atoms with Crippen molar-refractivity contribution in [1.82, 2.24) is 0 Å². The Morgan fingerprint density at radius 3 is 2.37 bits per heavy atom. The maximum absolute atomic E-state index is 12.9. The Morgan fingerprint density at radius 2 is 1.78 bits per heavy atom. The molecule has 0 aromatic heterocycles. The highest BCUT2D eigenvalue weighted by molar-refractivity contribution is 8.16. The number of alkyl halides is 3. The van der Waals surface area contributed by atoms with Gasteiger partial charge < -0.3 is 10.4 Å². The number of rotatable bonds is 4. The average molecular weight is 396 g/mol. The summed E-state index contributed by atoms with van der Waals surface area (Å²) in [5.41, 5.74) is -0.693. The fourth-order valence-corrected chi connectivity index (χ4v) is 3.32. The van der Waals surface area contributed by atoms with Crippen LogP contribution in [0.5, 0.6) is 0 Å². The summed E-state index contributed by atoms with van der Waals surface area (Å²) >= 11 is 0.624. The minimum absolute atomic E-state index is 0.0487. The van der Waals surface area contributed by atoms with Crippen LogP contribution >= 0.6 is 11.8 Å². The van der Waals surface area contributed by atoms with Gasteiger partial charge in [0.05, 0.1) is 16.8 Å². The molecule has 2 amide bonds. The number of carbonyl (C=O) groups excluding carboxylic acids is 2. The first-order chi connectivity index (χ1) is 12.7. The Morgan fingerprint density at radius 1 is 1.11 bits per heavy atom. The van der Waals surface area contributed by atoms with Gasteiger partial charge in [0.2, 0.25) is 0 Å². The summed E-state index contributed by atoms with van der Waals surface area (Å²) in [4.78, 5) is 36.2. The molecule has 6 nitrogen and oxygen atoms in total. The lowest BCUT2D eigenvalue weighted by Gasteiger charge is -2.16. The topological polar surface area (TPSA) is 86.7 Å². The van der Waals surface area contributed by atoms with Gasteiger partial charge in [0, 0.05) is 5.69 Å². The van der Waals surface area contributed by atoms with Crippen molar-refractivity contribution in [2.75, 3.05) is 10.2 Å². The highest BCUT2D eigenvalue weighted by Crippen LogP contribution is 2.36. The van der Waals surface area contributed by atoms with Crippen LogP contribution in [0.3, 0.4) is 0 Å². The average Bonchev–Trinajstić information content (AvgIpc) is 2.88. The lowest BCUT2D eigenvalue weighted by Crippen LogP contribution is -2.34. The number of carbonyl (C=O) groups is 3. The molecule has 140 valence electrons. The number of halogens is 3. The largest absolute Gasteiger partial charge is 0.478 e. The Labute approximate surface area is 155 Å². The summed E-state index contributed by atoms with van der Waals surface area (Å²) in [6, 6.07) is 9.44. The molecule has 1 fully saturated rings. The first-order valence-electron chi connectivity index (χ1n) is 7.48. The molecule has 0 bridgehead atoms. The highest BCUT2D eigenvalue weighted by Gasteiger charge is 2.41. The van der Waals surface area contributed by atoms with E-state index < -0.39 is 34.2 Å². The molecule has 1 atom stereocenters. The number of nitrogens with one attached hydrogen (secondary N) is 1. The third-order valence-electron chi connectivity index (χ3n) is 3.71. The number of amides is 2. The number of carboxylic acid groups (broad SMARTS) is 1. The number of imide groups is 1. The van der Waals surface area contributed by atoms with Gasteiger partial charge in [0.15, 0.2) is 5.37 Å². The maximum Gasteiger partial charge on any atom is 0.416 e. The molecule has 1 heterocycles. The second kappa shape index (κ2) is 6.95. The van der Waals surface area contributed by atoms with E-state index >= 15 is 0 Å². The van der Waals surface area contributed by atoms with E-state index in [9.17, 15) is 27.6 Å². The van der Waals surface area contributed by atoms with Crippen molar-refractivity contribution in [3.05, 3.63) is 59.7 Å². The van der Waals surface area contributed by atoms with E-state index in [0.29, 0.717) is 22.3 Å². The number of nitrogens with zero attached hydrogens (tertiary/aromatic N) is 1. The molecule has 2 N–H and O–H groups in total. The first-order valence-corrected chi connectivity index (χ1v) is 8.36. The highest BCUT2D eigenvalue weighted by atomic mass is 32.2. The van der Waals surface area contributed by atoms with E-state index in [2.05, 4.69) is 5.32 Å². The quantitative estimate of drug-likeness (QED) is 0.811. The molecule has 27 heavy (non-hydrogen) atoms. The van der Waals surface area contributed by atoms with Gasteiger partial charge in [-0.3, -0.25) is 9.59 Å². The summed E-state index contributed by atoms with van der Waals surface area (Å²) in [6.07, 6.45) is -4.60. The summed E-state index contributed by atoms with van der Waals surface area (Å²) in [5, 5.41) is 9.89. The van der Waals surface area contributed by atoms with Crippen LogP contribution in [0.15, 0.2) is 48.5 Å². The van der Waals surface area contributed by atoms with Crippen molar-refractivity contribution in [3.63, 3.8) is 0 Å². The number of aromatic carboxylic acids is 1. The molecule has 1 aliphatic heterocycles. The maximum atomic E-state index is 12.9. The number of thioether (sulfide) groups is 1. The van der Waals surface area contributed by atoms with Crippen LogP contribution in [0, 0.1) is 0 Å². The summed E-state index contributed by atoms with van der Waals surface area (Å²) in [5.74, 6) is -1.83. The zero-order valence-corrected chi connectivity index (χ0v) is 14.2. The van der Waals surface area contributed by atoms with Crippen LogP contribution < -0.4 is 10.2 Å². The van der Waals surface area contributed by atoms with Crippen LogP contribution in [-0.4, -0.2) is 27.6 Å². The van der Waals surface area contributed by atoms with E-state index in [-0.39, 0.29) is 11.3 Å². The molecular formula is C17H11F3N2O4S. The predicted octanol–water partition coefficient (Wildman–Crippen LogP) is 4.04. The second-order valence-corrected chi connectivity index (χ2v) is 6.57. The summed E-state index contributed by atoms with van der Waals surface area (Å²) in [7, 11) is 0. The monoisotopic (exact) mass is 396 g/mol. The van der Waals surface area contributed by atoms with Crippen LogP contribution in [0.25, 0.3) is 0 Å². The molecular weight excluding hydrogens is 385 g/mol. The third-order valence-corrected chi connectivity index (χ3v) is 4.65. The van der Waals surface area contributed by atoms with Crippen LogP contribution in [-0.2, 0) is 11.0 Å². The lowest BCUT2D eigenvalue weighted by molar-refractivity contribution is -0.137. The number of carboxylic acids is 1. The van der Waals surface area contributed by atoms with Crippen LogP contribution in [0.2, 0.25) is 0 Å². The molecule has 1 aliphatic rings. The SMILES string of the molecule is O=C(O)c1ccc(N[C@H]2SC(=O)N(c3cccc(C(F)(F)F)c3)C2=O)cc1. The third kappa shape index (κ3) is 3.90. The molecule has 0 saturated carbocycles. The van der Waals surface area contributed by atoms with Gasteiger partial charge in [-0.15, -0.1) is 0 Å². The first kappa shape index (κ1) is 18.8. The summed E-state index contributed by atoms with van der Waals surface area (Å²) < 4.78 is 38.6. The summed E-state index contributed by atoms with van der Waals surface area (Å²) in [6.45, 7) is 0. The van der Waals surface area contributed by atoms with Crippen molar-refractivity contribution < 1.29 is 32.7 Å². The van der Waals surface area contributed by atoms with E-state index in [0.717, 1.165) is 18.2 Å². The Hall–Kier alpha value is -3.01. The Kier molecular flexibility index (Phi) is 4.83. The van der Waals surface area contributed by atoms with E-state index in [1.807, 2.05) is 0 Å².